The van der Waals surface area contributed by atoms with Gasteiger partial charge in [-0.05, 0) is 38.1 Å². The summed E-state index contributed by atoms with van der Waals surface area (Å²) in [7, 11) is 0. The molecule has 20 heavy (non-hydrogen) atoms. The van der Waals surface area contributed by atoms with Gasteiger partial charge in [0.2, 0.25) is 0 Å². The maximum Gasteiger partial charge on any atom is 0.115 e. The lowest BCUT2D eigenvalue weighted by Gasteiger charge is -2.14. The summed E-state index contributed by atoms with van der Waals surface area (Å²) in [4.78, 5) is 8.87. The first kappa shape index (κ1) is 13.3. The van der Waals surface area contributed by atoms with Crippen molar-refractivity contribution < 1.29 is 0 Å². The van der Waals surface area contributed by atoms with E-state index in [9.17, 15) is 0 Å². The Morgan fingerprint density at radius 3 is 2.90 bits per heavy atom. The Labute approximate surface area is 126 Å². The minimum Gasteiger partial charge on any atom is -0.375 e. The van der Waals surface area contributed by atoms with Crippen molar-refractivity contribution in [1.29, 1.82) is 0 Å². The Kier molecular flexibility index (Phi) is 3.59. The van der Waals surface area contributed by atoms with E-state index in [1.54, 1.807) is 17.5 Å². The molecule has 2 heterocycles. The molecule has 0 spiro atoms. The zero-order chi connectivity index (χ0) is 14.1. The maximum atomic E-state index is 6.08. The number of pyridine rings is 1. The van der Waals surface area contributed by atoms with E-state index in [2.05, 4.69) is 27.6 Å². The first-order valence-corrected chi connectivity index (χ1v) is 7.62. The van der Waals surface area contributed by atoms with E-state index in [1.807, 2.05) is 31.2 Å². The first-order valence-electron chi connectivity index (χ1n) is 6.36. The van der Waals surface area contributed by atoms with Gasteiger partial charge < -0.3 is 5.32 Å². The molecule has 0 saturated heterocycles. The smallest absolute Gasteiger partial charge is 0.115 e. The zero-order valence-corrected chi connectivity index (χ0v) is 12.8. The summed E-state index contributed by atoms with van der Waals surface area (Å²) >= 11 is 7.75. The minimum atomic E-state index is 0.151. The highest BCUT2D eigenvalue weighted by Crippen LogP contribution is 2.28. The highest BCUT2D eigenvalue weighted by molar-refractivity contribution is 7.09. The monoisotopic (exact) mass is 303 g/mol. The average Bonchev–Trinajstić information content (AvgIpc) is 2.86. The molecule has 2 aromatic heterocycles. The fourth-order valence-corrected chi connectivity index (χ4v) is 3.09. The number of nitrogens with zero attached hydrogens (tertiary/aromatic N) is 2. The molecule has 0 aliphatic rings. The van der Waals surface area contributed by atoms with E-state index in [-0.39, 0.29) is 6.04 Å². The number of halogens is 1. The summed E-state index contributed by atoms with van der Waals surface area (Å²) in [6.45, 7) is 4.11. The Morgan fingerprint density at radius 2 is 2.15 bits per heavy atom. The van der Waals surface area contributed by atoms with Crippen molar-refractivity contribution in [3.8, 4) is 0 Å². The van der Waals surface area contributed by atoms with Gasteiger partial charge in [0.15, 0.2) is 0 Å². The summed E-state index contributed by atoms with van der Waals surface area (Å²) in [5.41, 5.74) is 3.01. The van der Waals surface area contributed by atoms with Crippen LogP contribution in [0.5, 0.6) is 0 Å². The molecule has 0 fully saturated rings. The van der Waals surface area contributed by atoms with Crippen LogP contribution in [0.15, 0.2) is 35.8 Å². The second kappa shape index (κ2) is 5.38. The van der Waals surface area contributed by atoms with Crippen LogP contribution in [0.3, 0.4) is 0 Å². The largest absolute Gasteiger partial charge is 0.375 e. The number of hydrogen-bond donors (Lipinski definition) is 1. The van der Waals surface area contributed by atoms with Crippen LogP contribution < -0.4 is 5.32 Å². The maximum absolute atomic E-state index is 6.08. The lowest BCUT2D eigenvalue weighted by Crippen LogP contribution is -2.06. The highest BCUT2D eigenvalue weighted by atomic mass is 35.5. The van der Waals surface area contributed by atoms with Crippen LogP contribution in [-0.4, -0.2) is 9.97 Å². The number of aromatic nitrogens is 2. The van der Waals surface area contributed by atoms with Gasteiger partial charge in [-0.25, -0.2) is 4.98 Å². The van der Waals surface area contributed by atoms with Crippen molar-refractivity contribution in [3.05, 3.63) is 51.6 Å². The second-order valence-electron chi connectivity index (χ2n) is 4.71. The molecule has 0 aliphatic carbocycles. The predicted molar refractivity (Wildman–Crippen MR) is 85.6 cm³/mol. The van der Waals surface area contributed by atoms with E-state index in [0.717, 1.165) is 27.3 Å². The van der Waals surface area contributed by atoms with Crippen molar-refractivity contribution in [1.82, 2.24) is 9.97 Å². The van der Waals surface area contributed by atoms with E-state index < -0.39 is 0 Å². The molecule has 1 N–H and O–H groups in total. The number of hydrogen-bond acceptors (Lipinski definition) is 4. The van der Waals surface area contributed by atoms with Gasteiger partial charge in [-0.3, -0.25) is 4.98 Å². The van der Waals surface area contributed by atoms with Gasteiger partial charge in [-0.15, -0.1) is 11.3 Å². The molecule has 3 nitrogen and oxygen atoms in total. The lowest BCUT2D eigenvalue weighted by molar-refractivity contribution is 0.865. The summed E-state index contributed by atoms with van der Waals surface area (Å²) in [6.07, 6.45) is 1.80. The molecular formula is C15H14ClN3S. The molecule has 1 atom stereocenters. The molecule has 0 saturated carbocycles. The number of anilines is 1. The molecule has 1 aromatic carbocycles. The van der Waals surface area contributed by atoms with Crippen molar-refractivity contribution in [2.75, 3.05) is 5.32 Å². The number of rotatable bonds is 3. The summed E-state index contributed by atoms with van der Waals surface area (Å²) < 4.78 is 0. The Bertz CT molecular complexity index is 754. The molecular weight excluding hydrogens is 290 g/mol. The molecule has 0 aliphatic heterocycles. The van der Waals surface area contributed by atoms with Crippen molar-refractivity contribution in [3.63, 3.8) is 0 Å². The van der Waals surface area contributed by atoms with Crippen molar-refractivity contribution >= 4 is 39.5 Å². The van der Waals surface area contributed by atoms with Crippen LogP contribution in [0.1, 0.15) is 23.7 Å². The van der Waals surface area contributed by atoms with E-state index >= 15 is 0 Å². The Hall–Kier alpha value is -1.65. The van der Waals surface area contributed by atoms with E-state index in [0.29, 0.717) is 5.02 Å². The Balaban J connectivity index is 1.96. The summed E-state index contributed by atoms with van der Waals surface area (Å²) in [5.74, 6) is 0. The molecule has 0 unspecified atom stereocenters. The van der Waals surface area contributed by atoms with Crippen LogP contribution >= 0.6 is 22.9 Å². The zero-order valence-electron chi connectivity index (χ0n) is 11.2. The topological polar surface area (TPSA) is 37.8 Å². The van der Waals surface area contributed by atoms with Gasteiger partial charge >= 0.3 is 0 Å². The number of aryl methyl sites for hydroxylation is 1. The van der Waals surface area contributed by atoms with Gasteiger partial charge in [0.05, 0.1) is 11.6 Å². The summed E-state index contributed by atoms with van der Waals surface area (Å²) in [6, 6.07) is 7.84. The number of benzene rings is 1. The summed E-state index contributed by atoms with van der Waals surface area (Å²) in [5, 5.41) is 8.38. The fourth-order valence-electron chi connectivity index (χ4n) is 2.11. The quantitative estimate of drug-likeness (QED) is 0.753. The van der Waals surface area contributed by atoms with Crippen LogP contribution in [-0.2, 0) is 0 Å². The molecule has 0 amide bonds. The van der Waals surface area contributed by atoms with Crippen LogP contribution in [0, 0.1) is 6.92 Å². The minimum absolute atomic E-state index is 0.151. The van der Waals surface area contributed by atoms with Crippen LogP contribution in [0.25, 0.3) is 10.9 Å². The predicted octanol–water partition coefficient (Wildman–Crippen LogP) is 4.83. The third-order valence-corrected chi connectivity index (χ3v) is 4.46. The van der Waals surface area contributed by atoms with Gasteiger partial charge in [-0.1, -0.05) is 11.6 Å². The first-order chi connectivity index (χ1) is 9.63. The number of fused-ring (bicyclic) bond motifs is 1. The fraction of sp³-hybridized carbons (Fsp3) is 0.200. The lowest BCUT2D eigenvalue weighted by atomic mass is 10.1. The number of nitrogens with one attached hydrogen (secondary N) is 1. The molecule has 102 valence electrons. The SMILES string of the molecule is Cc1csc([C@@H](C)Nc2ccnc3ccc(Cl)cc23)n1. The van der Waals surface area contributed by atoms with Gasteiger partial charge in [0, 0.05) is 33.4 Å². The van der Waals surface area contributed by atoms with Gasteiger partial charge in [0.1, 0.15) is 5.01 Å². The van der Waals surface area contributed by atoms with Crippen LogP contribution in [0.2, 0.25) is 5.02 Å². The standard InChI is InChI=1S/C15H14ClN3S/c1-9-8-20-15(18-9)10(2)19-14-5-6-17-13-4-3-11(16)7-12(13)14/h3-8,10H,1-2H3,(H,17,19)/t10-/m1/s1. The normalized spacial score (nSPS) is 12.6. The van der Waals surface area contributed by atoms with E-state index in [1.165, 1.54) is 0 Å². The third-order valence-electron chi connectivity index (χ3n) is 3.08. The average molecular weight is 304 g/mol. The van der Waals surface area contributed by atoms with Gasteiger partial charge in [0.25, 0.3) is 0 Å². The van der Waals surface area contributed by atoms with E-state index in [4.69, 9.17) is 11.6 Å². The third kappa shape index (κ3) is 2.62. The molecule has 3 rings (SSSR count). The van der Waals surface area contributed by atoms with Crippen LogP contribution in [0.4, 0.5) is 5.69 Å². The van der Waals surface area contributed by atoms with Crippen molar-refractivity contribution in [2.45, 2.75) is 19.9 Å². The number of thiazole rings is 1. The van der Waals surface area contributed by atoms with Gasteiger partial charge in [-0.2, -0.15) is 0 Å². The van der Waals surface area contributed by atoms with Crippen molar-refractivity contribution in [2.24, 2.45) is 0 Å². The molecule has 0 bridgehead atoms. The molecule has 5 heteroatoms. The molecule has 0 radical (unpaired) electrons. The Morgan fingerprint density at radius 1 is 1.30 bits per heavy atom. The molecule has 3 aromatic rings. The second-order valence-corrected chi connectivity index (χ2v) is 6.04. The highest BCUT2D eigenvalue weighted by Gasteiger charge is 2.11.